The quantitative estimate of drug-likeness (QED) is 0.497. The lowest BCUT2D eigenvalue weighted by molar-refractivity contribution is 0.101. The smallest absolute Gasteiger partial charge is 0.274 e. The predicted octanol–water partition coefficient (Wildman–Crippen LogP) is 4.80. The van der Waals surface area contributed by atoms with Crippen molar-refractivity contribution in [3.05, 3.63) is 108 Å². The fourth-order valence-corrected chi connectivity index (χ4v) is 3.35. The van der Waals surface area contributed by atoms with E-state index in [2.05, 4.69) is 22.1 Å². The van der Waals surface area contributed by atoms with E-state index in [4.69, 9.17) is 5.10 Å². The Kier molecular flexibility index (Phi) is 5.04. The lowest BCUT2D eigenvalue weighted by Crippen LogP contribution is -2.17. The van der Waals surface area contributed by atoms with Crippen molar-refractivity contribution in [3.63, 3.8) is 0 Å². The molecule has 2 aromatic heterocycles. The molecule has 0 saturated heterocycles. The second-order valence-corrected chi connectivity index (χ2v) is 7.48. The summed E-state index contributed by atoms with van der Waals surface area (Å²) in [6.45, 7) is 0. The van der Waals surface area contributed by atoms with E-state index in [9.17, 15) is 4.79 Å². The molecular weight excluding hydrogens is 384 g/mol. The van der Waals surface area contributed by atoms with Crippen LogP contribution in [-0.2, 0) is 0 Å². The van der Waals surface area contributed by atoms with E-state index in [1.165, 1.54) is 0 Å². The molecule has 31 heavy (non-hydrogen) atoms. The van der Waals surface area contributed by atoms with Gasteiger partial charge in [-0.2, -0.15) is 5.10 Å². The van der Waals surface area contributed by atoms with Gasteiger partial charge in [-0.15, -0.1) is 0 Å². The lowest BCUT2D eigenvalue weighted by Gasteiger charge is -2.08. The molecule has 0 radical (unpaired) electrons. The van der Waals surface area contributed by atoms with Crippen LogP contribution in [0.1, 0.15) is 46.2 Å². The summed E-state index contributed by atoms with van der Waals surface area (Å²) in [5.41, 5.74) is 4.57. The van der Waals surface area contributed by atoms with Gasteiger partial charge >= 0.3 is 0 Å². The molecule has 1 N–H and O–H groups in total. The van der Waals surface area contributed by atoms with Crippen LogP contribution in [0.25, 0.3) is 5.69 Å². The number of anilines is 1. The normalized spacial score (nSPS) is 12.6. The van der Waals surface area contributed by atoms with Crippen LogP contribution in [0.5, 0.6) is 0 Å². The van der Waals surface area contributed by atoms with Crippen molar-refractivity contribution >= 4 is 11.6 Å². The fourth-order valence-electron chi connectivity index (χ4n) is 3.35. The monoisotopic (exact) mass is 404 g/mol. The fraction of sp³-hybridized carbons (Fsp3) is 0.115. The molecule has 5 nitrogen and oxygen atoms in total. The molecule has 0 bridgehead atoms. The average Bonchev–Trinajstić information content (AvgIpc) is 3.57. The van der Waals surface area contributed by atoms with Crippen molar-refractivity contribution in [1.29, 1.82) is 0 Å². The van der Waals surface area contributed by atoms with Gasteiger partial charge in [0.2, 0.25) is 0 Å². The molecule has 1 fully saturated rings. The number of pyridine rings is 1. The number of carbonyl (C=O) groups excluding carboxylic acids is 1. The third kappa shape index (κ3) is 4.39. The highest BCUT2D eigenvalue weighted by Gasteiger charge is 2.29. The Morgan fingerprint density at radius 3 is 2.55 bits per heavy atom. The number of para-hydroxylation sites is 1. The van der Waals surface area contributed by atoms with E-state index in [-0.39, 0.29) is 5.91 Å². The van der Waals surface area contributed by atoms with Crippen molar-refractivity contribution in [2.45, 2.75) is 18.8 Å². The summed E-state index contributed by atoms with van der Waals surface area (Å²) >= 11 is 0. The summed E-state index contributed by atoms with van der Waals surface area (Å²) in [5.74, 6) is 6.40. The van der Waals surface area contributed by atoms with Crippen LogP contribution in [0.4, 0.5) is 5.69 Å². The molecule has 1 amide bonds. The topological polar surface area (TPSA) is 59.8 Å². The molecule has 1 saturated carbocycles. The molecule has 0 spiro atoms. The summed E-state index contributed by atoms with van der Waals surface area (Å²) < 4.78 is 1.73. The third-order valence-electron chi connectivity index (χ3n) is 5.08. The molecule has 4 aromatic rings. The number of aromatic nitrogens is 3. The first-order valence-corrected chi connectivity index (χ1v) is 10.3. The summed E-state index contributed by atoms with van der Waals surface area (Å²) in [4.78, 5) is 17.3. The first-order chi connectivity index (χ1) is 15.3. The van der Waals surface area contributed by atoms with E-state index in [1.807, 2.05) is 78.9 Å². The molecule has 1 aliphatic rings. The molecule has 0 aliphatic heterocycles. The van der Waals surface area contributed by atoms with Crippen LogP contribution in [0.2, 0.25) is 0 Å². The highest BCUT2D eigenvalue weighted by Crippen LogP contribution is 2.39. The van der Waals surface area contributed by atoms with Crippen molar-refractivity contribution in [3.8, 4) is 17.5 Å². The maximum absolute atomic E-state index is 13.1. The molecular formula is C26H20N4O. The second-order valence-electron chi connectivity index (χ2n) is 7.48. The Labute approximate surface area is 180 Å². The minimum absolute atomic E-state index is 0.196. The van der Waals surface area contributed by atoms with Gasteiger partial charge in [0.1, 0.15) is 11.4 Å². The zero-order chi connectivity index (χ0) is 21.0. The molecule has 1 aliphatic carbocycles. The Morgan fingerprint density at radius 1 is 0.935 bits per heavy atom. The Morgan fingerprint density at radius 2 is 1.77 bits per heavy atom. The minimum atomic E-state index is -0.196. The molecule has 150 valence electrons. The maximum atomic E-state index is 13.1. The number of benzene rings is 2. The van der Waals surface area contributed by atoms with E-state index < -0.39 is 0 Å². The van der Waals surface area contributed by atoms with Gasteiger partial charge in [0, 0.05) is 23.4 Å². The average molecular weight is 404 g/mol. The van der Waals surface area contributed by atoms with Gasteiger partial charge in [-0.1, -0.05) is 36.3 Å². The van der Waals surface area contributed by atoms with Crippen LogP contribution in [-0.4, -0.2) is 20.7 Å². The number of rotatable bonds is 4. The predicted molar refractivity (Wildman–Crippen MR) is 120 cm³/mol. The molecule has 5 rings (SSSR count). The summed E-state index contributed by atoms with van der Waals surface area (Å²) in [6, 6.07) is 24.8. The number of hydrogen-bond acceptors (Lipinski definition) is 3. The highest BCUT2D eigenvalue weighted by atomic mass is 16.2. The SMILES string of the molecule is O=C(Nc1cccc(C#Cc2ccccn2)c1)c1cc(C2CC2)nn1-c1ccccc1. The number of nitrogens with zero attached hydrogens (tertiary/aromatic N) is 3. The summed E-state index contributed by atoms with van der Waals surface area (Å²) in [5, 5.41) is 7.71. The van der Waals surface area contributed by atoms with Gasteiger partial charge in [-0.3, -0.25) is 4.79 Å². The largest absolute Gasteiger partial charge is 0.321 e. The molecule has 0 unspecified atom stereocenters. The van der Waals surface area contributed by atoms with Crippen LogP contribution >= 0.6 is 0 Å². The van der Waals surface area contributed by atoms with Gasteiger partial charge in [-0.25, -0.2) is 9.67 Å². The Bertz CT molecular complexity index is 1280. The number of carbonyl (C=O) groups is 1. The first-order valence-electron chi connectivity index (χ1n) is 10.3. The third-order valence-corrected chi connectivity index (χ3v) is 5.08. The molecule has 5 heteroatoms. The summed E-state index contributed by atoms with van der Waals surface area (Å²) in [7, 11) is 0. The van der Waals surface area contributed by atoms with E-state index in [0.29, 0.717) is 23.0 Å². The van der Waals surface area contributed by atoms with E-state index >= 15 is 0 Å². The number of amides is 1. The summed E-state index contributed by atoms with van der Waals surface area (Å²) in [6.07, 6.45) is 3.97. The number of hydrogen-bond donors (Lipinski definition) is 1. The van der Waals surface area contributed by atoms with Crippen LogP contribution < -0.4 is 5.32 Å². The van der Waals surface area contributed by atoms with Crippen molar-refractivity contribution in [1.82, 2.24) is 14.8 Å². The van der Waals surface area contributed by atoms with Gasteiger partial charge < -0.3 is 5.32 Å². The van der Waals surface area contributed by atoms with Crippen LogP contribution in [0.15, 0.2) is 85.1 Å². The second kappa shape index (κ2) is 8.29. The zero-order valence-corrected chi connectivity index (χ0v) is 16.8. The standard InChI is InChI=1S/C26H20N4O/c31-26(25-18-24(20-13-14-20)29-30(25)23-10-2-1-3-11-23)28-22-9-6-7-19(17-22)12-15-21-8-4-5-16-27-21/h1-11,16-18,20H,13-14H2,(H,28,31). The first kappa shape index (κ1) is 18.8. The lowest BCUT2D eigenvalue weighted by atomic mass is 10.2. The number of nitrogens with one attached hydrogen (secondary N) is 1. The molecule has 2 aromatic carbocycles. The highest BCUT2D eigenvalue weighted by molar-refractivity contribution is 6.03. The molecule has 2 heterocycles. The van der Waals surface area contributed by atoms with E-state index in [1.54, 1.807) is 10.9 Å². The minimum Gasteiger partial charge on any atom is -0.321 e. The van der Waals surface area contributed by atoms with Gasteiger partial charge in [0.25, 0.3) is 5.91 Å². The Balaban J connectivity index is 1.40. The molecule has 0 atom stereocenters. The van der Waals surface area contributed by atoms with Gasteiger partial charge in [0.15, 0.2) is 0 Å². The van der Waals surface area contributed by atoms with Crippen LogP contribution in [0, 0.1) is 11.8 Å². The van der Waals surface area contributed by atoms with Crippen molar-refractivity contribution < 1.29 is 4.79 Å². The van der Waals surface area contributed by atoms with E-state index in [0.717, 1.165) is 29.8 Å². The van der Waals surface area contributed by atoms with Crippen molar-refractivity contribution in [2.24, 2.45) is 0 Å². The van der Waals surface area contributed by atoms with Gasteiger partial charge in [-0.05, 0) is 67.3 Å². The van der Waals surface area contributed by atoms with Crippen LogP contribution in [0.3, 0.4) is 0 Å². The zero-order valence-electron chi connectivity index (χ0n) is 16.8. The Hall–Kier alpha value is -4.17. The van der Waals surface area contributed by atoms with Crippen molar-refractivity contribution in [2.75, 3.05) is 5.32 Å². The maximum Gasteiger partial charge on any atom is 0.274 e. The van der Waals surface area contributed by atoms with Gasteiger partial charge in [0.05, 0.1) is 11.4 Å².